The first-order chi connectivity index (χ1) is 15.6. The molecule has 2 N–H and O–H groups in total. The lowest BCUT2D eigenvalue weighted by atomic mass is 9.91. The van der Waals surface area contributed by atoms with Crippen LogP contribution in [0.25, 0.3) is 0 Å². The summed E-state index contributed by atoms with van der Waals surface area (Å²) in [6.45, 7) is 9.45. The summed E-state index contributed by atoms with van der Waals surface area (Å²) in [6.07, 6.45) is 11.3. The molecule has 0 aromatic rings. The van der Waals surface area contributed by atoms with Gasteiger partial charge in [0.05, 0.1) is 24.7 Å². The van der Waals surface area contributed by atoms with Crippen molar-refractivity contribution in [1.29, 1.82) is 0 Å². The van der Waals surface area contributed by atoms with Crippen LogP contribution in [0.1, 0.15) is 66.2 Å². The Balaban J connectivity index is 1.99. The zero-order chi connectivity index (χ0) is 24.4. The van der Waals surface area contributed by atoms with E-state index in [1.807, 2.05) is 51.2 Å². The lowest BCUT2D eigenvalue weighted by Gasteiger charge is -2.27. The first-order valence-corrected chi connectivity index (χ1v) is 12.1. The number of carbonyl (C=O) groups excluding carboxylic acids is 2. The zero-order valence-corrected chi connectivity index (χ0v) is 20.5. The molecular weight excluding hydrogens is 422 g/mol. The fraction of sp³-hybridized carbons (Fsp3) is 0.692. The molecule has 7 heteroatoms. The quantitative estimate of drug-likeness (QED) is 0.361. The molecule has 33 heavy (non-hydrogen) atoms. The maximum Gasteiger partial charge on any atom is 0.409 e. The third-order valence-electron chi connectivity index (χ3n) is 6.23. The molecule has 7 nitrogen and oxygen atoms in total. The average molecular weight is 464 g/mol. The smallest absolute Gasteiger partial charge is 0.409 e. The van der Waals surface area contributed by atoms with Gasteiger partial charge in [0.1, 0.15) is 6.10 Å². The first kappa shape index (κ1) is 27.1. The maximum atomic E-state index is 12.4. The van der Waals surface area contributed by atoms with Crippen molar-refractivity contribution >= 4 is 12.1 Å². The Morgan fingerprint density at radius 1 is 1.39 bits per heavy atom. The first-order valence-electron chi connectivity index (χ1n) is 12.1. The lowest BCUT2D eigenvalue weighted by molar-refractivity contribution is -0.151. The number of rotatable bonds is 5. The summed E-state index contributed by atoms with van der Waals surface area (Å²) in [5.74, 6) is -0.495. The molecule has 0 bridgehead atoms. The van der Waals surface area contributed by atoms with Gasteiger partial charge in [-0.1, -0.05) is 44.2 Å². The second kappa shape index (κ2) is 12.9. The normalized spacial score (nSPS) is 32.1. The third kappa shape index (κ3) is 9.72. The van der Waals surface area contributed by atoms with Gasteiger partial charge in [-0.3, -0.25) is 4.79 Å². The molecule has 0 unspecified atom stereocenters. The Kier molecular flexibility index (Phi) is 10.6. The van der Waals surface area contributed by atoms with Crippen LogP contribution in [-0.4, -0.2) is 64.7 Å². The Labute approximate surface area is 198 Å². The number of aliphatic hydroxyl groups excluding tert-OH is 1. The lowest BCUT2D eigenvalue weighted by Crippen LogP contribution is -2.30. The van der Waals surface area contributed by atoms with E-state index in [0.29, 0.717) is 25.9 Å². The van der Waals surface area contributed by atoms with Crippen molar-refractivity contribution in [2.75, 3.05) is 19.7 Å². The molecule has 2 heterocycles. The van der Waals surface area contributed by atoms with E-state index in [4.69, 9.17) is 9.47 Å². The predicted octanol–water partition coefficient (Wildman–Crippen LogP) is 4.15. The van der Waals surface area contributed by atoms with Gasteiger partial charge in [0.25, 0.3) is 0 Å². The van der Waals surface area contributed by atoms with Gasteiger partial charge in [0.2, 0.25) is 0 Å². The molecule has 0 saturated carbocycles. The number of likely N-dealkylation sites (tertiary alicyclic amines) is 1. The van der Waals surface area contributed by atoms with Crippen molar-refractivity contribution in [3.63, 3.8) is 0 Å². The molecule has 186 valence electrons. The van der Waals surface area contributed by atoms with E-state index in [-0.39, 0.29) is 24.3 Å². The van der Waals surface area contributed by atoms with Gasteiger partial charge in [-0.2, -0.15) is 0 Å². The van der Waals surface area contributed by atoms with Crippen LogP contribution < -0.4 is 0 Å². The number of ether oxygens (including phenoxy) is 2. The van der Waals surface area contributed by atoms with Gasteiger partial charge in [-0.25, -0.2) is 4.79 Å². The molecule has 0 aromatic carbocycles. The van der Waals surface area contributed by atoms with E-state index < -0.39 is 23.8 Å². The summed E-state index contributed by atoms with van der Waals surface area (Å²) in [7, 11) is 0. The highest BCUT2D eigenvalue weighted by molar-refractivity contribution is 5.70. The number of cyclic esters (lactones) is 1. The largest absolute Gasteiger partial charge is 0.457 e. The van der Waals surface area contributed by atoms with Crippen LogP contribution >= 0.6 is 0 Å². The van der Waals surface area contributed by atoms with Crippen molar-refractivity contribution in [2.24, 2.45) is 11.8 Å². The van der Waals surface area contributed by atoms with Gasteiger partial charge in [-0.05, 0) is 51.5 Å². The highest BCUT2D eigenvalue weighted by Gasteiger charge is 2.26. The number of carbonyl (C=O) groups is 2. The number of hydrogen-bond donors (Lipinski definition) is 2. The highest BCUT2D eigenvalue weighted by Crippen LogP contribution is 2.24. The fourth-order valence-electron chi connectivity index (χ4n) is 4.06. The third-order valence-corrected chi connectivity index (χ3v) is 6.23. The number of allylic oxidation sites excluding steroid dienone is 2. The fourth-order valence-corrected chi connectivity index (χ4v) is 4.06. The van der Waals surface area contributed by atoms with Crippen molar-refractivity contribution in [3.8, 4) is 0 Å². The molecule has 1 saturated heterocycles. The van der Waals surface area contributed by atoms with Crippen molar-refractivity contribution < 1.29 is 29.3 Å². The minimum absolute atomic E-state index is 0.0501. The average Bonchev–Trinajstić information content (AvgIpc) is 3.28. The minimum Gasteiger partial charge on any atom is -0.457 e. The van der Waals surface area contributed by atoms with Crippen LogP contribution in [0.4, 0.5) is 4.79 Å². The number of nitrogens with zero attached hydrogens (tertiary/aromatic N) is 1. The van der Waals surface area contributed by atoms with Gasteiger partial charge in [0, 0.05) is 24.9 Å². The van der Waals surface area contributed by atoms with Crippen molar-refractivity contribution in [3.05, 3.63) is 36.0 Å². The Morgan fingerprint density at radius 2 is 2.09 bits per heavy atom. The van der Waals surface area contributed by atoms with Gasteiger partial charge in [0.15, 0.2) is 0 Å². The van der Waals surface area contributed by atoms with E-state index in [9.17, 15) is 19.8 Å². The van der Waals surface area contributed by atoms with Gasteiger partial charge < -0.3 is 24.6 Å². The minimum atomic E-state index is -0.919. The summed E-state index contributed by atoms with van der Waals surface area (Å²) in [4.78, 5) is 26.2. The number of amides is 1. The van der Waals surface area contributed by atoms with E-state index in [2.05, 4.69) is 0 Å². The topological polar surface area (TPSA) is 96.3 Å². The van der Waals surface area contributed by atoms with E-state index in [1.165, 1.54) is 0 Å². The Morgan fingerprint density at radius 3 is 2.79 bits per heavy atom. The summed E-state index contributed by atoms with van der Waals surface area (Å²) < 4.78 is 11.1. The summed E-state index contributed by atoms with van der Waals surface area (Å²) in [5.41, 5.74) is -0.0473. The van der Waals surface area contributed by atoms with Crippen LogP contribution in [0, 0.1) is 11.8 Å². The van der Waals surface area contributed by atoms with Gasteiger partial charge >= 0.3 is 12.1 Å². The van der Waals surface area contributed by atoms with Gasteiger partial charge in [-0.15, -0.1) is 0 Å². The SMILES string of the molecule is C/C(=C\C=C\[C@H](C)COC(=O)N1CCCC1)[C@H]1OC(=O)C[C@H](O)CC[C@@](C)(O)C/C=C/[C@@H]1C. The van der Waals surface area contributed by atoms with Crippen molar-refractivity contribution in [1.82, 2.24) is 4.90 Å². The molecular formula is C26H41NO6. The predicted molar refractivity (Wildman–Crippen MR) is 127 cm³/mol. The standard InChI is InChI=1S/C26H41NO6/c1-19(18-32-25(30)27-15-5-6-16-27)9-7-10-20(2)24-21(3)11-8-13-26(4,31)14-12-22(28)17-23(29)33-24/h7-11,19,21-22,24,28,31H,5-6,12-18H2,1-4H3/b9-7+,11-8+,20-10+/t19-,21-,22+,24+,26-/m0/s1. The molecule has 1 fully saturated rings. The molecule has 5 atom stereocenters. The van der Waals surface area contributed by atoms with E-state index in [0.717, 1.165) is 31.5 Å². The number of esters is 1. The van der Waals surface area contributed by atoms with Crippen molar-refractivity contribution in [2.45, 2.75) is 84.0 Å². The number of hydrogen-bond acceptors (Lipinski definition) is 6. The summed E-state index contributed by atoms with van der Waals surface area (Å²) in [6, 6.07) is 0. The molecule has 2 rings (SSSR count). The molecule has 2 aliphatic heterocycles. The Bertz CT molecular complexity index is 735. The van der Waals surface area contributed by atoms with Crippen LogP contribution in [0.3, 0.4) is 0 Å². The monoisotopic (exact) mass is 463 g/mol. The Hall–Kier alpha value is -2.12. The molecule has 1 amide bonds. The summed E-state index contributed by atoms with van der Waals surface area (Å²) in [5, 5.41) is 20.6. The van der Waals surface area contributed by atoms with E-state index in [1.54, 1.807) is 11.8 Å². The van der Waals surface area contributed by atoms with Crippen LogP contribution in [-0.2, 0) is 14.3 Å². The summed E-state index contributed by atoms with van der Waals surface area (Å²) >= 11 is 0. The van der Waals surface area contributed by atoms with E-state index >= 15 is 0 Å². The zero-order valence-electron chi connectivity index (χ0n) is 20.5. The number of aliphatic hydroxyl groups is 2. The molecule has 0 radical (unpaired) electrons. The molecule has 0 aromatic heterocycles. The molecule has 2 aliphatic rings. The maximum absolute atomic E-state index is 12.4. The second-order valence-corrected chi connectivity index (χ2v) is 9.84. The van der Waals surface area contributed by atoms with Crippen LogP contribution in [0.15, 0.2) is 36.0 Å². The van der Waals surface area contributed by atoms with Crippen LogP contribution in [0.2, 0.25) is 0 Å². The highest BCUT2D eigenvalue weighted by atomic mass is 16.6. The second-order valence-electron chi connectivity index (χ2n) is 9.84. The van der Waals surface area contributed by atoms with Crippen LogP contribution in [0.5, 0.6) is 0 Å². The molecule has 0 spiro atoms. The molecule has 0 aliphatic carbocycles.